The summed E-state index contributed by atoms with van der Waals surface area (Å²) in [6, 6.07) is 7.91. The highest BCUT2D eigenvalue weighted by Crippen LogP contribution is 2.32. The Labute approximate surface area is 159 Å². The summed E-state index contributed by atoms with van der Waals surface area (Å²) >= 11 is 0. The summed E-state index contributed by atoms with van der Waals surface area (Å²) < 4.78 is 27.4. The topological polar surface area (TPSA) is 40.6 Å². The van der Waals surface area contributed by atoms with Gasteiger partial charge in [-0.1, -0.05) is 19.1 Å². The highest BCUT2D eigenvalue weighted by molar-refractivity contribution is 7.89. The molecule has 2 aliphatic rings. The minimum Gasteiger partial charge on any atom is -0.300 e. The first-order valence-electron chi connectivity index (χ1n) is 9.16. The third-order valence-corrected chi connectivity index (χ3v) is 7.80. The molecule has 1 heterocycles. The second kappa shape index (κ2) is 8.38. The second-order valence-corrected chi connectivity index (χ2v) is 9.67. The molecule has 0 bridgehead atoms. The van der Waals surface area contributed by atoms with Gasteiger partial charge in [-0.15, -0.1) is 12.4 Å². The van der Waals surface area contributed by atoms with Gasteiger partial charge in [-0.25, -0.2) is 8.42 Å². The standard InChI is InChI=1S/C19H30N2O2S.ClH/c1-15-9-11-21(12-10-15)18-8-7-17(14-18)20(3)24(22,23)19-6-4-5-16(2)13-19;/h4-6,13,15,17-18H,7-12,14H2,1-3H3;1H/t17-,18+;/m0./s1. The predicted molar refractivity (Wildman–Crippen MR) is 105 cm³/mol. The number of nitrogens with zero attached hydrogens (tertiary/aromatic N) is 2. The average molecular weight is 387 g/mol. The lowest BCUT2D eigenvalue weighted by atomic mass is 9.97. The fourth-order valence-electron chi connectivity index (χ4n) is 4.13. The number of rotatable bonds is 4. The van der Waals surface area contributed by atoms with Crippen LogP contribution in [0.15, 0.2) is 29.2 Å². The molecule has 0 amide bonds. The van der Waals surface area contributed by atoms with Crippen molar-refractivity contribution >= 4 is 22.4 Å². The lowest BCUT2D eigenvalue weighted by Crippen LogP contribution is -2.41. The molecule has 3 rings (SSSR count). The normalized spacial score (nSPS) is 25.9. The number of aryl methyl sites for hydroxylation is 1. The summed E-state index contributed by atoms with van der Waals surface area (Å²) in [6.45, 7) is 6.61. The maximum atomic E-state index is 12.9. The molecule has 1 aliphatic heterocycles. The van der Waals surface area contributed by atoms with Crippen LogP contribution in [0.3, 0.4) is 0 Å². The van der Waals surface area contributed by atoms with E-state index in [4.69, 9.17) is 0 Å². The molecule has 4 nitrogen and oxygen atoms in total. The first kappa shape index (κ1) is 20.7. The number of likely N-dealkylation sites (tertiary alicyclic amines) is 1. The number of benzene rings is 1. The Bertz CT molecular complexity index is 672. The van der Waals surface area contributed by atoms with E-state index < -0.39 is 10.0 Å². The molecular weight excluding hydrogens is 356 g/mol. The van der Waals surface area contributed by atoms with Crippen molar-refractivity contribution in [3.05, 3.63) is 29.8 Å². The summed E-state index contributed by atoms with van der Waals surface area (Å²) in [6.07, 6.45) is 5.61. The zero-order valence-corrected chi connectivity index (χ0v) is 17.2. The van der Waals surface area contributed by atoms with Crippen molar-refractivity contribution < 1.29 is 8.42 Å². The number of hydrogen-bond acceptors (Lipinski definition) is 3. The molecule has 6 heteroatoms. The van der Waals surface area contributed by atoms with Crippen LogP contribution in [0.2, 0.25) is 0 Å². The van der Waals surface area contributed by atoms with Crippen LogP contribution in [-0.2, 0) is 10.0 Å². The van der Waals surface area contributed by atoms with E-state index in [0.717, 1.165) is 30.7 Å². The Morgan fingerprint density at radius 1 is 1.12 bits per heavy atom. The van der Waals surface area contributed by atoms with Crippen LogP contribution in [0.4, 0.5) is 0 Å². The third-order valence-electron chi connectivity index (χ3n) is 5.89. The Balaban J connectivity index is 0.00000225. The van der Waals surface area contributed by atoms with Crippen molar-refractivity contribution in [1.82, 2.24) is 9.21 Å². The zero-order valence-electron chi connectivity index (χ0n) is 15.5. The van der Waals surface area contributed by atoms with Gasteiger partial charge in [0.1, 0.15) is 0 Å². The van der Waals surface area contributed by atoms with E-state index in [0.29, 0.717) is 10.9 Å². The molecule has 1 saturated heterocycles. The Morgan fingerprint density at radius 2 is 1.80 bits per heavy atom. The molecule has 0 radical (unpaired) electrons. The monoisotopic (exact) mass is 386 g/mol. The Hall–Kier alpha value is -0.620. The minimum absolute atomic E-state index is 0. The summed E-state index contributed by atoms with van der Waals surface area (Å²) in [5, 5.41) is 0. The summed E-state index contributed by atoms with van der Waals surface area (Å²) in [5.74, 6) is 0.836. The molecule has 1 aliphatic carbocycles. The van der Waals surface area contributed by atoms with Gasteiger partial charge < -0.3 is 4.90 Å². The van der Waals surface area contributed by atoms with Gasteiger partial charge in [0.2, 0.25) is 10.0 Å². The lowest BCUT2D eigenvalue weighted by molar-refractivity contribution is 0.136. The van der Waals surface area contributed by atoms with E-state index in [-0.39, 0.29) is 18.4 Å². The first-order chi connectivity index (χ1) is 11.4. The first-order valence-corrected chi connectivity index (χ1v) is 10.6. The molecule has 0 aromatic heterocycles. The van der Waals surface area contributed by atoms with E-state index in [1.165, 1.54) is 25.9 Å². The van der Waals surface area contributed by atoms with Crippen molar-refractivity contribution in [2.24, 2.45) is 5.92 Å². The van der Waals surface area contributed by atoms with Gasteiger partial charge in [-0.3, -0.25) is 0 Å². The third kappa shape index (κ3) is 4.57. The van der Waals surface area contributed by atoms with E-state index in [9.17, 15) is 8.42 Å². The Kier molecular flexibility index (Phi) is 6.94. The van der Waals surface area contributed by atoms with Crippen LogP contribution >= 0.6 is 12.4 Å². The van der Waals surface area contributed by atoms with Gasteiger partial charge >= 0.3 is 0 Å². The molecule has 0 spiro atoms. The van der Waals surface area contributed by atoms with Crippen molar-refractivity contribution in [3.8, 4) is 0 Å². The molecule has 2 atom stereocenters. The maximum Gasteiger partial charge on any atom is 0.243 e. The number of piperidine rings is 1. The van der Waals surface area contributed by atoms with Gasteiger partial charge in [0, 0.05) is 19.1 Å². The number of halogens is 1. The summed E-state index contributed by atoms with van der Waals surface area (Å²) in [5.41, 5.74) is 0.983. The van der Waals surface area contributed by atoms with Crippen LogP contribution in [0.1, 0.15) is 44.6 Å². The lowest BCUT2D eigenvalue weighted by Gasteiger charge is -2.35. The molecule has 0 unspecified atom stereocenters. The van der Waals surface area contributed by atoms with E-state index in [1.807, 2.05) is 19.1 Å². The number of hydrogen-bond donors (Lipinski definition) is 0. The van der Waals surface area contributed by atoms with E-state index in [2.05, 4.69) is 11.8 Å². The zero-order chi connectivity index (χ0) is 17.3. The molecule has 1 saturated carbocycles. The molecule has 25 heavy (non-hydrogen) atoms. The Morgan fingerprint density at radius 3 is 2.44 bits per heavy atom. The van der Waals surface area contributed by atoms with Gasteiger partial charge in [0.05, 0.1) is 4.90 Å². The summed E-state index contributed by atoms with van der Waals surface area (Å²) in [7, 11) is -1.64. The van der Waals surface area contributed by atoms with Crippen molar-refractivity contribution in [1.29, 1.82) is 0 Å². The number of sulfonamides is 1. The predicted octanol–water partition coefficient (Wildman–Crippen LogP) is 3.69. The molecule has 1 aromatic carbocycles. The highest BCUT2D eigenvalue weighted by Gasteiger charge is 2.36. The van der Waals surface area contributed by atoms with Crippen molar-refractivity contribution in [3.63, 3.8) is 0 Å². The van der Waals surface area contributed by atoms with Gasteiger partial charge in [-0.2, -0.15) is 4.31 Å². The fraction of sp³-hybridized carbons (Fsp3) is 0.684. The van der Waals surface area contributed by atoms with Crippen LogP contribution in [0, 0.1) is 12.8 Å². The molecule has 2 fully saturated rings. The SMILES string of the molecule is Cc1cccc(S(=O)(=O)N(C)[C@H]2CC[C@@H](N3CCC(C)CC3)C2)c1.Cl. The van der Waals surface area contributed by atoms with Crippen LogP contribution < -0.4 is 0 Å². The van der Waals surface area contributed by atoms with Crippen molar-refractivity contribution in [2.45, 2.75) is 62.9 Å². The smallest absolute Gasteiger partial charge is 0.243 e. The van der Waals surface area contributed by atoms with Gasteiger partial charge in [0.25, 0.3) is 0 Å². The van der Waals surface area contributed by atoms with E-state index >= 15 is 0 Å². The average Bonchev–Trinajstić information content (AvgIpc) is 3.04. The highest BCUT2D eigenvalue weighted by atomic mass is 35.5. The van der Waals surface area contributed by atoms with Crippen molar-refractivity contribution in [2.75, 3.05) is 20.1 Å². The molecule has 1 aromatic rings. The van der Waals surface area contributed by atoms with Crippen LogP contribution in [0.5, 0.6) is 0 Å². The van der Waals surface area contributed by atoms with Crippen LogP contribution in [-0.4, -0.2) is 49.8 Å². The quantitative estimate of drug-likeness (QED) is 0.792. The second-order valence-electron chi connectivity index (χ2n) is 7.68. The fourth-order valence-corrected chi connectivity index (χ4v) is 5.63. The van der Waals surface area contributed by atoms with Gasteiger partial charge in [0.15, 0.2) is 0 Å². The molecule has 0 N–H and O–H groups in total. The largest absolute Gasteiger partial charge is 0.300 e. The molecular formula is C19H31ClN2O2S. The minimum atomic E-state index is -3.39. The molecule has 142 valence electrons. The maximum absolute atomic E-state index is 12.9. The van der Waals surface area contributed by atoms with Crippen LogP contribution in [0.25, 0.3) is 0 Å². The van der Waals surface area contributed by atoms with Gasteiger partial charge in [-0.05, 0) is 75.7 Å². The summed E-state index contributed by atoms with van der Waals surface area (Å²) in [4.78, 5) is 3.01. The van der Waals surface area contributed by atoms with E-state index in [1.54, 1.807) is 23.5 Å².